The number of fused-ring (bicyclic) bond motifs is 1. The van der Waals surface area contributed by atoms with Crippen molar-refractivity contribution in [3.05, 3.63) is 35.1 Å². The normalized spacial score (nSPS) is 30.1. The van der Waals surface area contributed by atoms with Crippen LogP contribution in [0, 0.1) is 6.92 Å². The molecular weight excluding hydrogens is 458 g/mol. The lowest BCUT2D eigenvalue weighted by Gasteiger charge is -2.58. The number of phenols is 1. The molecule has 4 rings (SSSR count). The molecule has 5 atom stereocenters. The van der Waals surface area contributed by atoms with Crippen molar-refractivity contribution in [3.8, 4) is 11.5 Å². The molecule has 0 aromatic heterocycles. The zero-order chi connectivity index (χ0) is 25.7. The summed E-state index contributed by atoms with van der Waals surface area (Å²) in [7, 11) is 1.94. The molecule has 0 radical (unpaired) electrons. The smallest absolute Gasteiger partial charge is 0.344 e. The number of rotatable bonds is 6. The Morgan fingerprint density at radius 1 is 1.26 bits per heavy atom. The maximum atomic E-state index is 12.6. The minimum atomic E-state index is -1.31. The number of hydrogen-bond donors (Lipinski definition) is 3. The molecule has 1 fully saturated rings. The standard InChI is InChI=1S/C25H31NO9/c1-13-5-6-16(27)21-20(13)24-11-12-26(4)15(3)25(24,32)10-9-17(22(24)35-21)34-19(29)8-7-18(28)33-14(2)23(30)31/h5-6,9,14-15,22,27,32H,7-8,10-12H2,1-4H3,(H,30,31)/t14-,15+,22?,24?,25+/m0/s1. The van der Waals surface area contributed by atoms with Crippen LogP contribution in [0.3, 0.4) is 0 Å². The zero-order valence-electron chi connectivity index (χ0n) is 20.2. The average Bonchev–Trinajstić information content (AvgIpc) is 3.17. The highest BCUT2D eigenvalue weighted by molar-refractivity contribution is 5.81. The van der Waals surface area contributed by atoms with Crippen LogP contribution in [0.25, 0.3) is 0 Å². The van der Waals surface area contributed by atoms with Crippen molar-refractivity contribution in [2.75, 3.05) is 13.6 Å². The van der Waals surface area contributed by atoms with Gasteiger partial charge in [-0.15, -0.1) is 0 Å². The fourth-order valence-corrected chi connectivity index (χ4v) is 5.70. The van der Waals surface area contributed by atoms with Crippen LogP contribution in [0.5, 0.6) is 11.5 Å². The molecule has 1 saturated heterocycles. The molecule has 0 saturated carbocycles. The first-order chi connectivity index (χ1) is 16.4. The Morgan fingerprint density at radius 3 is 2.63 bits per heavy atom. The number of carbonyl (C=O) groups excluding carboxylic acids is 2. The first kappa shape index (κ1) is 25.0. The molecule has 3 N–H and O–H groups in total. The van der Waals surface area contributed by atoms with E-state index in [1.54, 1.807) is 18.2 Å². The van der Waals surface area contributed by atoms with Gasteiger partial charge in [-0.3, -0.25) is 9.59 Å². The lowest BCUT2D eigenvalue weighted by atomic mass is 9.54. The van der Waals surface area contributed by atoms with Gasteiger partial charge in [0.2, 0.25) is 0 Å². The molecule has 190 valence electrons. The monoisotopic (exact) mass is 489 g/mol. The third kappa shape index (κ3) is 3.84. The summed E-state index contributed by atoms with van der Waals surface area (Å²) < 4.78 is 16.6. The average molecular weight is 490 g/mol. The number of benzene rings is 1. The maximum Gasteiger partial charge on any atom is 0.344 e. The van der Waals surface area contributed by atoms with Gasteiger partial charge in [0.1, 0.15) is 5.76 Å². The van der Waals surface area contributed by atoms with E-state index in [1.807, 2.05) is 20.9 Å². The molecule has 1 aliphatic carbocycles. The Hall–Kier alpha value is -3.11. The molecule has 3 aliphatic rings. The highest BCUT2D eigenvalue weighted by Crippen LogP contribution is 2.62. The molecule has 1 spiro atoms. The third-order valence-electron chi connectivity index (χ3n) is 7.75. The topological polar surface area (TPSA) is 143 Å². The number of ether oxygens (including phenoxy) is 3. The Bertz CT molecular complexity index is 1100. The van der Waals surface area contributed by atoms with Crippen LogP contribution >= 0.6 is 0 Å². The Labute approximate surface area is 203 Å². The van der Waals surface area contributed by atoms with Gasteiger partial charge in [0, 0.05) is 18.0 Å². The van der Waals surface area contributed by atoms with Crippen molar-refractivity contribution in [1.29, 1.82) is 0 Å². The van der Waals surface area contributed by atoms with E-state index in [1.165, 1.54) is 6.92 Å². The zero-order valence-corrected chi connectivity index (χ0v) is 20.2. The quantitative estimate of drug-likeness (QED) is 0.506. The fourth-order valence-electron chi connectivity index (χ4n) is 5.70. The number of aromatic hydroxyl groups is 1. The number of carboxylic acid groups (broad SMARTS) is 1. The van der Waals surface area contributed by atoms with Crippen molar-refractivity contribution in [1.82, 2.24) is 4.90 Å². The number of carboxylic acids is 1. The second kappa shape index (κ2) is 8.83. The molecule has 2 heterocycles. The SMILES string of the molecule is Cc1ccc(O)c2c1C13CCN(C)[C@H](C)[C@]1(O)CC=C(OC(=O)CCC(=O)O[C@@H](C)C(=O)O)C3O2. The van der Waals surface area contributed by atoms with Crippen molar-refractivity contribution >= 4 is 17.9 Å². The molecule has 2 aliphatic heterocycles. The summed E-state index contributed by atoms with van der Waals surface area (Å²) in [6.45, 7) is 5.73. The van der Waals surface area contributed by atoms with E-state index >= 15 is 0 Å². The summed E-state index contributed by atoms with van der Waals surface area (Å²) >= 11 is 0. The second-order valence-corrected chi connectivity index (χ2v) is 9.66. The summed E-state index contributed by atoms with van der Waals surface area (Å²) in [5.74, 6) is -2.37. The molecule has 10 heteroatoms. The lowest BCUT2D eigenvalue weighted by Crippen LogP contribution is -2.71. The second-order valence-electron chi connectivity index (χ2n) is 9.66. The Balaban J connectivity index is 1.61. The van der Waals surface area contributed by atoms with Crippen molar-refractivity contribution < 1.29 is 43.9 Å². The first-order valence-corrected chi connectivity index (χ1v) is 11.7. The predicted molar refractivity (Wildman–Crippen MR) is 122 cm³/mol. The Kier molecular flexibility index (Phi) is 6.31. The number of nitrogens with zero attached hydrogens (tertiary/aromatic N) is 1. The van der Waals surface area contributed by atoms with Crippen molar-refractivity contribution in [3.63, 3.8) is 0 Å². The van der Waals surface area contributed by atoms with Gasteiger partial charge in [-0.25, -0.2) is 4.79 Å². The highest BCUT2D eigenvalue weighted by atomic mass is 16.6. The number of aryl methyl sites for hydroxylation is 1. The fraction of sp³-hybridized carbons (Fsp3) is 0.560. The van der Waals surface area contributed by atoms with Crippen molar-refractivity contribution in [2.45, 2.75) is 75.7 Å². The maximum absolute atomic E-state index is 12.6. The van der Waals surface area contributed by atoms with E-state index in [-0.39, 0.29) is 42.6 Å². The number of carbonyl (C=O) groups is 3. The first-order valence-electron chi connectivity index (χ1n) is 11.7. The van der Waals surface area contributed by atoms with E-state index in [9.17, 15) is 24.6 Å². The summed E-state index contributed by atoms with van der Waals surface area (Å²) in [6.07, 6.45) is -0.463. The number of hydrogen-bond acceptors (Lipinski definition) is 9. The molecule has 0 amide bonds. The van der Waals surface area contributed by atoms with Crippen LogP contribution in [0.4, 0.5) is 0 Å². The summed E-state index contributed by atoms with van der Waals surface area (Å²) in [4.78, 5) is 37.4. The van der Waals surface area contributed by atoms with Gasteiger partial charge in [0.15, 0.2) is 23.7 Å². The largest absolute Gasteiger partial charge is 0.504 e. The number of likely N-dealkylation sites (tertiary alicyclic amines) is 1. The molecular formula is C25H31NO9. The molecule has 10 nitrogen and oxygen atoms in total. The number of aliphatic carboxylic acids is 1. The molecule has 0 bridgehead atoms. The summed E-state index contributed by atoms with van der Waals surface area (Å²) in [5.41, 5.74) is -0.616. The minimum Gasteiger partial charge on any atom is -0.504 e. The van der Waals surface area contributed by atoms with Gasteiger partial charge in [-0.2, -0.15) is 0 Å². The van der Waals surface area contributed by atoms with E-state index in [2.05, 4.69) is 4.90 Å². The minimum absolute atomic E-state index is 0.0516. The van der Waals surface area contributed by atoms with Crippen molar-refractivity contribution in [2.24, 2.45) is 0 Å². The van der Waals surface area contributed by atoms with Crippen LogP contribution in [0.15, 0.2) is 24.0 Å². The van der Waals surface area contributed by atoms with Gasteiger partial charge in [-0.1, -0.05) is 6.07 Å². The van der Waals surface area contributed by atoms with Gasteiger partial charge in [0.05, 0.1) is 23.9 Å². The molecule has 2 unspecified atom stereocenters. The molecule has 35 heavy (non-hydrogen) atoms. The van der Waals surface area contributed by atoms with E-state index in [4.69, 9.17) is 19.3 Å². The van der Waals surface area contributed by atoms with E-state index < -0.39 is 41.1 Å². The van der Waals surface area contributed by atoms with Gasteiger partial charge in [0.25, 0.3) is 0 Å². The molecule has 1 aromatic carbocycles. The Morgan fingerprint density at radius 2 is 1.94 bits per heavy atom. The van der Waals surface area contributed by atoms with Crippen LogP contribution in [-0.2, 0) is 29.3 Å². The van der Waals surface area contributed by atoms with E-state index in [0.717, 1.165) is 11.1 Å². The number of piperidine rings is 1. The number of aliphatic hydroxyl groups is 1. The van der Waals surface area contributed by atoms with Gasteiger partial charge in [-0.05, 0) is 58.5 Å². The van der Waals surface area contributed by atoms with Crippen LogP contribution in [0.2, 0.25) is 0 Å². The van der Waals surface area contributed by atoms with Gasteiger partial charge >= 0.3 is 17.9 Å². The van der Waals surface area contributed by atoms with Crippen LogP contribution < -0.4 is 4.74 Å². The summed E-state index contributed by atoms with van der Waals surface area (Å²) in [5, 5.41) is 31.5. The lowest BCUT2D eigenvalue weighted by molar-refractivity contribution is -0.165. The number of phenolic OH excluding ortho intramolecular Hbond substituents is 1. The number of likely N-dealkylation sites (N-methyl/N-ethyl adjacent to an activating group) is 1. The van der Waals surface area contributed by atoms with E-state index in [0.29, 0.717) is 13.0 Å². The highest BCUT2D eigenvalue weighted by Gasteiger charge is 2.69. The van der Waals surface area contributed by atoms with Crippen LogP contribution in [0.1, 0.15) is 50.7 Å². The van der Waals surface area contributed by atoms with Gasteiger partial charge < -0.3 is 34.4 Å². The number of esters is 2. The van der Waals surface area contributed by atoms with Crippen LogP contribution in [-0.4, -0.2) is 75.6 Å². The predicted octanol–water partition coefficient (Wildman–Crippen LogP) is 1.78. The summed E-state index contributed by atoms with van der Waals surface area (Å²) in [6, 6.07) is 3.08. The molecule has 1 aromatic rings. The third-order valence-corrected chi connectivity index (χ3v) is 7.75.